The molecule has 0 heterocycles. The number of rotatable bonds is 10. The molecule has 0 aliphatic rings. The van der Waals surface area contributed by atoms with Crippen LogP contribution in [0.4, 0.5) is 5.69 Å². The van der Waals surface area contributed by atoms with E-state index in [9.17, 15) is 0 Å². The largest absolute Gasteiger partial charge is 0.380 e. The fourth-order valence-corrected chi connectivity index (χ4v) is 2.46. The topological polar surface area (TPSA) is 24.5 Å². The van der Waals surface area contributed by atoms with Crippen molar-refractivity contribution in [3.8, 4) is 0 Å². The Balaban J connectivity index is 2.77. The van der Waals surface area contributed by atoms with Crippen LogP contribution in [0.25, 0.3) is 0 Å². The van der Waals surface area contributed by atoms with Gasteiger partial charge in [-0.05, 0) is 50.1 Å². The molecule has 0 aliphatic heterocycles. The lowest BCUT2D eigenvalue weighted by molar-refractivity contribution is 0.154. The summed E-state index contributed by atoms with van der Waals surface area (Å²) in [5.41, 5.74) is 2.50. The third-order valence-electron chi connectivity index (χ3n) is 3.34. The van der Waals surface area contributed by atoms with Crippen LogP contribution in [0.2, 0.25) is 5.02 Å². The maximum absolute atomic E-state index is 6.16. The van der Waals surface area contributed by atoms with Crippen LogP contribution in [0.1, 0.15) is 33.3 Å². The average molecular weight is 313 g/mol. The Bertz CT molecular complexity index is 410. The Labute approximate surface area is 134 Å². The molecule has 21 heavy (non-hydrogen) atoms. The molecule has 0 radical (unpaired) electrons. The number of halogens is 1. The third kappa shape index (κ3) is 6.68. The van der Waals surface area contributed by atoms with E-state index in [2.05, 4.69) is 43.1 Å². The van der Waals surface area contributed by atoms with E-state index in [-0.39, 0.29) is 0 Å². The summed E-state index contributed by atoms with van der Waals surface area (Å²) in [4.78, 5) is 2.35. The Hall–Kier alpha value is -0.770. The quantitative estimate of drug-likeness (QED) is 0.662. The maximum Gasteiger partial charge on any atom is 0.0641 e. The SMILES string of the molecule is CCOCCN(CC)c1ccc(Cl)cc1CNCC(C)C. The van der Waals surface area contributed by atoms with E-state index in [1.54, 1.807) is 0 Å². The second-order valence-electron chi connectivity index (χ2n) is 5.57. The molecule has 0 aliphatic carbocycles. The lowest BCUT2D eigenvalue weighted by atomic mass is 10.1. The van der Waals surface area contributed by atoms with Gasteiger partial charge in [-0.1, -0.05) is 25.4 Å². The molecule has 1 N–H and O–H groups in total. The van der Waals surface area contributed by atoms with Crippen molar-refractivity contribution in [3.05, 3.63) is 28.8 Å². The number of anilines is 1. The first-order valence-corrected chi connectivity index (χ1v) is 8.28. The zero-order valence-corrected chi connectivity index (χ0v) is 14.5. The Morgan fingerprint density at radius 2 is 2.05 bits per heavy atom. The summed E-state index contributed by atoms with van der Waals surface area (Å²) >= 11 is 6.16. The van der Waals surface area contributed by atoms with Crippen molar-refractivity contribution in [2.45, 2.75) is 34.2 Å². The minimum Gasteiger partial charge on any atom is -0.380 e. The van der Waals surface area contributed by atoms with E-state index < -0.39 is 0 Å². The van der Waals surface area contributed by atoms with Gasteiger partial charge in [-0.15, -0.1) is 0 Å². The highest BCUT2D eigenvalue weighted by Crippen LogP contribution is 2.24. The van der Waals surface area contributed by atoms with E-state index in [0.717, 1.165) is 44.4 Å². The molecule has 0 spiro atoms. The van der Waals surface area contributed by atoms with Gasteiger partial charge < -0.3 is 15.0 Å². The highest BCUT2D eigenvalue weighted by molar-refractivity contribution is 6.30. The van der Waals surface area contributed by atoms with Crippen molar-refractivity contribution in [2.24, 2.45) is 5.92 Å². The van der Waals surface area contributed by atoms with Gasteiger partial charge in [0.15, 0.2) is 0 Å². The predicted molar refractivity (Wildman–Crippen MR) is 92.4 cm³/mol. The summed E-state index contributed by atoms with van der Waals surface area (Å²) in [6.07, 6.45) is 0. The van der Waals surface area contributed by atoms with E-state index in [1.807, 2.05) is 13.0 Å². The second kappa shape index (κ2) is 10.0. The number of nitrogens with zero attached hydrogens (tertiary/aromatic N) is 1. The molecule has 1 rings (SSSR count). The molecule has 0 amide bonds. The normalized spacial score (nSPS) is 11.1. The standard InChI is InChI=1S/C17H29ClN2O/c1-5-20(9-10-21-6-2)17-8-7-16(18)11-15(17)13-19-12-14(3)4/h7-8,11,14,19H,5-6,9-10,12-13H2,1-4H3. The summed E-state index contributed by atoms with van der Waals surface area (Å²) in [5, 5.41) is 4.29. The van der Waals surface area contributed by atoms with Crippen molar-refractivity contribution in [2.75, 3.05) is 37.7 Å². The summed E-state index contributed by atoms with van der Waals surface area (Å²) in [5.74, 6) is 0.646. The summed E-state index contributed by atoms with van der Waals surface area (Å²) in [7, 11) is 0. The molecule has 0 saturated heterocycles. The summed E-state index contributed by atoms with van der Waals surface area (Å²) < 4.78 is 5.48. The van der Waals surface area contributed by atoms with E-state index >= 15 is 0 Å². The first-order chi connectivity index (χ1) is 10.1. The molecule has 1 aromatic rings. The van der Waals surface area contributed by atoms with Crippen LogP contribution < -0.4 is 10.2 Å². The number of nitrogens with one attached hydrogen (secondary N) is 1. The highest BCUT2D eigenvalue weighted by Gasteiger charge is 2.10. The maximum atomic E-state index is 6.16. The highest BCUT2D eigenvalue weighted by atomic mass is 35.5. The lowest BCUT2D eigenvalue weighted by Gasteiger charge is -2.26. The van der Waals surface area contributed by atoms with Crippen LogP contribution in [0, 0.1) is 5.92 Å². The van der Waals surface area contributed by atoms with Crippen LogP contribution in [-0.2, 0) is 11.3 Å². The molecule has 1 aromatic carbocycles. The Kier molecular flexibility index (Phi) is 8.74. The van der Waals surface area contributed by atoms with Gasteiger partial charge in [0.2, 0.25) is 0 Å². The van der Waals surface area contributed by atoms with Crippen LogP contribution in [0.5, 0.6) is 0 Å². The van der Waals surface area contributed by atoms with Crippen LogP contribution in [-0.4, -0.2) is 32.8 Å². The van der Waals surface area contributed by atoms with Gasteiger partial charge in [0, 0.05) is 37.0 Å². The van der Waals surface area contributed by atoms with Gasteiger partial charge in [-0.3, -0.25) is 0 Å². The fourth-order valence-electron chi connectivity index (χ4n) is 2.27. The predicted octanol–water partition coefficient (Wildman–Crippen LogP) is 3.95. The van der Waals surface area contributed by atoms with Gasteiger partial charge >= 0.3 is 0 Å². The van der Waals surface area contributed by atoms with Crippen LogP contribution in [0.3, 0.4) is 0 Å². The van der Waals surface area contributed by atoms with Gasteiger partial charge in [0.1, 0.15) is 0 Å². The number of benzene rings is 1. The smallest absolute Gasteiger partial charge is 0.0641 e. The molecular weight excluding hydrogens is 284 g/mol. The Morgan fingerprint density at radius 3 is 2.67 bits per heavy atom. The Morgan fingerprint density at radius 1 is 1.29 bits per heavy atom. The van der Waals surface area contributed by atoms with E-state index in [4.69, 9.17) is 16.3 Å². The molecular formula is C17H29ClN2O. The molecule has 3 nitrogen and oxygen atoms in total. The van der Waals surface area contributed by atoms with Crippen molar-refractivity contribution in [1.82, 2.24) is 5.32 Å². The third-order valence-corrected chi connectivity index (χ3v) is 3.58. The minimum atomic E-state index is 0.646. The summed E-state index contributed by atoms with van der Waals surface area (Å²) in [6.45, 7) is 13.9. The van der Waals surface area contributed by atoms with Gasteiger partial charge in [0.25, 0.3) is 0 Å². The lowest BCUT2D eigenvalue weighted by Crippen LogP contribution is -2.29. The zero-order valence-electron chi connectivity index (χ0n) is 13.8. The molecule has 0 atom stereocenters. The average Bonchev–Trinajstić information content (AvgIpc) is 2.44. The van der Waals surface area contributed by atoms with Crippen molar-refractivity contribution in [1.29, 1.82) is 0 Å². The first-order valence-electron chi connectivity index (χ1n) is 7.90. The fraction of sp³-hybridized carbons (Fsp3) is 0.647. The first kappa shape index (κ1) is 18.3. The van der Waals surface area contributed by atoms with Gasteiger partial charge in [0.05, 0.1) is 6.61 Å². The monoisotopic (exact) mass is 312 g/mol. The van der Waals surface area contributed by atoms with Crippen molar-refractivity contribution < 1.29 is 4.74 Å². The molecule has 0 aromatic heterocycles. The zero-order chi connectivity index (χ0) is 15.7. The molecule has 4 heteroatoms. The van der Waals surface area contributed by atoms with E-state index in [0.29, 0.717) is 5.92 Å². The second-order valence-corrected chi connectivity index (χ2v) is 6.01. The molecule has 0 bridgehead atoms. The number of hydrogen-bond acceptors (Lipinski definition) is 3. The summed E-state index contributed by atoms with van der Waals surface area (Å²) in [6, 6.07) is 6.14. The van der Waals surface area contributed by atoms with Crippen LogP contribution >= 0.6 is 11.6 Å². The van der Waals surface area contributed by atoms with E-state index in [1.165, 1.54) is 11.3 Å². The number of hydrogen-bond donors (Lipinski definition) is 1. The molecule has 0 fully saturated rings. The molecule has 120 valence electrons. The van der Waals surface area contributed by atoms with Crippen molar-refractivity contribution in [3.63, 3.8) is 0 Å². The van der Waals surface area contributed by atoms with Gasteiger partial charge in [-0.2, -0.15) is 0 Å². The molecule has 0 saturated carbocycles. The van der Waals surface area contributed by atoms with Crippen LogP contribution in [0.15, 0.2) is 18.2 Å². The minimum absolute atomic E-state index is 0.646. The molecule has 0 unspecified atom stereocenters. The number of likely N-dealkylation sites (N-methyl/N-ethyl adjacent to an activating group) is 1. The van der Waals surface area contributed by atoms with Gasteiger partial charge in [-0.25, -0.2) is 0 Å². The van der Waals surface area contributed by atoms with Crippen molar-refractivity contribution >= 4 is 17.3 Å². The number of ether oxygens (including phenoxy) is 1.